The van der Waals surface area contributed by atoms with E-state index in [4.69, 9.17) is 0 Å². The molecule has 98 valence electrons. The lowest BCUT2D eigenvalue weighted by Gasteiger charge is -2.12. The van der Waals surface area contributed by atoms with Crippen molar-refractivity contribution in [1.29, 1.82) is 0 Å². The van der Waals surface area contributed by atoms with E-state index < -0.39 is 0 Å². The van der Waals surface area contributed by atoms with Crippen LogP contribution in [0, 0.1) is 0 Å². The summed E-state index contributed by atoms with van der Waals surface area (Å²) < 4.78 is 0. The van der Waals surface area contributed by atoms with Gasteiger partial charge < -0.3 is 10.6 Å². The Morgan fingerprint density at radius 2 is 1.78 bits per heavy atom. The maximum Gasteiger partial charge on any atom is 0.233 e. The summed E-state index contributed by atoms with van der Waals surface area (Å²) in [5.41, 5.74) is 0. The van der Waals surface area contributed by atoms with Crippen molar-refractivity contribution in [2.75, 3.05) is 13.1 Å². The fourth-order valence-corrected chi connectivity index (χ4v) is 2.24. The largest absolute Gasteiger partial charge is 0.355 e. The highest BCUT2D eigenvalue weighted by Gasteiger charge is 2.13. The van der Waals surface area contributed by atoms with Gasteiger partial charge in [0.1, 0.15) is 0 Å². The zero-order valence-corrected chi connectivity index (χ0v) is 11.4. The van der Waals surface area contributed by atoms with Crippen molar-refractivity contribution in [3.8, 4) is 0 Å². The van der Waals surface area contributed by atoms with Gasteiger partial charge in [0, 0.05) is 24.9 Å². The van der Waals surface area contributed by atoms with Crippen molar-refractivity contribution >= 4 is 23.6 Å². The molecule has 1 aromatic carbocycles. The number of carbonyl (C=O) groups excluding carboxylic acids is 2. The van der Waals surface area contributed by atoms with Crippen LogP contribution < -0.4 is 10.6 Å². The normalized spacial score (nSPS) is 11.7. The summed E-state index contributed by atoms with van der Waals surface area (Å²) in [5, 5.41) is 5.26. The molecule has 18 heavy (non-hydrogen) atoms. The molecule has 1 aromatic rings. The quantitative estimate of drug-likeness (QED) is 0.605. The van der Waals surface area contributed by atoms with Gasteiger partial charge in [0.15, 0.2) is 0 Å². The molecule has 0 bridgehead atoms. The first-order valence-corrected chi connectivity index (χ1v) is 6.71. The molecule has 2 N–H and O–H groups in total. The van der Waals surface area contributed by atoms with Gasteiger partial charge in [0.2, 0.25) is 11.8 Å². The molecular formula is C13H18N2O2S. The third kappa shape index (κ3) is 5.72. The number of hydrogen-bond donors (Lipinski definition) is 2. The van der Waals surface area contributed by atoms with E-state index in [1.165, 1.54) is 18.7 Å². The first-order valence-electron chi connectivity index (χ1n) is 5.83. The zero-order valence-electron chi connectivity index (χ0n) is 10.6. The van der Waals surface area contributed by atoms with Gasteiger partial charge in [-0.05, 0) is 19.1 Å². The standard InChI is InChI=1S/C13H18N2O2S/c1-10(18-12-6-4-3-5-7-12)13(17)15-9-8-14-11(2)16/h3-7,10H,8-9H2,1-2H3,(H,14,16)(H,15,17). The lowest BCUT2D eigenvalue weighted by Crippen LogP contribution is -2.37. The molecule has 1 rings (SSSR count). The highest BCUT2D eigenvalue weighted by Crippen LogP contribution is 2.22. The van der Waals surface area contributed by atoms with Crippen LogP contribution in [-0.2, 0) is 9.59 Å². The number of thioether (sulfide) groups is 1. The van der Waals surface area contributed by atoms with Gasteiger partial charge in [-0.15, -0.1) is 11.8 Å². The van der Waals surface area contributed by atoms with Crippen LogP contribution in [-0.4, -0.2) is 30.2 Å². The molecule has 4 nitrogen and oxygen atoms in total. The van der Waals surface area contributed by atoms with E-state index in [-0.39, 0.29) is 17.1 Å². The topological polar surface area (TPSA) is 58.2 Å². The van der Waals surface area contributed by atoms with Crippen LogP contribution in [0.4, 0.5) is 0 Å². The van der Waals surface area contributed by atoms with E-state index in [0.29, 0.717) is 13.1 Å². The number of amides is 2. The molecule has 0 aliphatic carbocycles. The molecule has 0 spiro atoms. The Morgan fingerprint density at radius 1 is 1.17 bits per heavy atom. The first-order chi connectivity index (χ1) is 8.59. The molecule has 0 aliphatic heterocycles. The molecule has 0 fully saturated rings. The lowest BCUT2D eigenvalue weighted by atomic mass is 10.4. The molecule has 2 amide bonds. The van der Waals surface area contributed by atoms with Crippen LogP contribution in [0.15, 0.2) is 35.2 Å². The third-order valence-electron chi connectivity index (χ3n) is 2.22. The molecular weight excluding hydrogens is 248 g/mol. The Morgan fingerprint density at radius 3 is 2.39 bits per heavy atom. The van der Waals surface area contributed by atoms with E-state index in [9.17, 15) is 9.59 Å². The van der Waals surface area contributed by atoms with Crippen LogP contribution in [0.1, 0.15) is 13.8 Å². The van der Waals surface area contributed by atoms with Crippen molar-refractivity contribution in [2.24, 2.45) is 0 Å². The van der Waals surface area contributed by atoms with Crippen LogP contribution in [0.25, 0.3) is 0 Å². The van der Waals surface area contributed by atoms with E-state index in [1.54, 1.807) is 0 Å². The summed E-state index contributed by atoms with van der Waals surface area (Å²) in [6.07, 6.45) is 0. The Labute approximate surface area is 112 Å². The Balaban J connectivity index is 2.27. The van der Waals surface area contributed by atoms with Gasteiger partial charge >= 0.3 is 0 Å². The van der Waals surface area contributed by atoms with Gasteiger partial charge in [-0.1, -0.05) is 18.2 Å². The Kier molecular flexibility index (Phi) is 6.28. The van der Waals surface area contributed by atoms with Gasteiger partial charge in [0.25, 0.3) is 0 Å². The Bertz CT molecular complexity index is 395. The molecule has 5 heteroatoms. The van der Waals surface area contributed by atoms with E-state index in [0.717, 1.165) is 4.90 Å². The number of benzene rings is 1. The van der Waals surface area contributed by atoms with Crippen molar-refractivity contribution in [2.45, 2.75) is 24.0 Å². The molecule has 0 aliphatic rings. The highest BCUT2D eigenvalue weighted by atomic mass is 32.2. The first kappa shape index (κ1) is 14.6. The van der Waals surface area contributed by atoms with Crippen LogP contribution in [0.2, 0.25) is 0 Å². The van der Waals surface area contributed by atoms with Crippen molar-refractivity contribution in [3.63, 3.8) is 0 Å². The van der Waals surface area contributed by atoms with Crippen molar-refractivity contribution in [3.05, 3.63) is 30.3 Å². The fourth-order valence-electron chi connectivity index (χ4n) is 1.32. The van der Waals surface area contributed by atoms with Gasteiger partial charge in [-0.25, -0.2) is 0 Å². The van der Waals surface area contributed by atoms with Crippen LogP contribution in [0.3, 0.4) is 0 Å². The predicted molar refractivity (Wildman–Crippen MR) is 73.5 cm³/mol. The van der Waals surface area contributed by atoms with Gasteiger partial charge in [0.05, 0.1) is 5.25 Å². The lowest BCUT2D eigenvalue weighted by molar-refractivity contribution is -0.121. The minimum Gasteiger partial charge on any atom is -0.355 e. The molecule has 0 saturated carbocycles. The second kappa shape index (κ2) is 7.76. The average Bonchev–Trinajstić information content (AvgIpc) is 2.35. The summed E-state index contributed by atoms with van der Waals surface area (Å²) in [6.45, 7) is 4.24. The molecule has 0 heterocycles. The SMILES string of the molecule is CC(=O)NCCNC(=O)C(C)Sc1ccccc1. The fraction of sp³-hybridized carbons (Fsp3) is 0.385. The maximum absolute atomic E-state index is 11.7. The monoisotopic (exact) mass is 266 g/mol. The molecule has 0 aromatic heterocycles. The molecule has 1 atom stereocenters. The summed E-state index contributed by atoms with van der Waals surface area (Å²) >= 11 is 1.52. The Hall–Kier alpha value is -1.49. The second-order valence-electron chi connectivity index (χ2n) is 3.85. The van der Waals surface area contributed by atoms with Crippen LogP contribution in [0.5, 0.6) is 0 Å². The molecule has 0 radical (unpaired) electrons. The van der Waals surface area contributed by atoms with E-state index in [2.05, 4.69) is 10.6 Å². The highest BCUT2D eigenvalue weighted by molar-refractivity contribution is 8.00. The minimum atomic E-state index is -0.148. The number of nitrogens with one attached hydrogen (secondary N) is 2. The number of carbonyl (C=O) groups is 2. The van der Waals surface area contributed by atoms with Crippen LogP contribution >= 0.6 is 11.8 Å². The van der Waals surface area contributed by atoms with Crippen molar-refractivity contribution < 1.29 is 9.59 Å². The summed E-state index contributed by atoms with van der Waals surface area (Å²) in [7, 11) is 0. The molecule has 1 unspecified atom stereocenters. The minimum absolute atomic E-state index is 0.0193. The maximum atomic E-state index is 11.7. The number of hydrogen-bond acceptors (Lipinski definition) is 3. The predicted octanol–water partition coefficient (Wildman–Crippen LogP) is 1.42. The zero-order chi connectivity index (χ0) is 13.4. The average molecular weight is 266 g/mol. The number of rotatable bonds is 6. The van der Waals surface area contributed by atoms with Gasteiger partial charge in [-0.2, -0.15) is 0 Å². The van der Waals surface area contributed by atoms with E-state index in [1.807, 2.05) is 37.3 Å². The summed E-state index contributed by atoms with van der Waals surface area (Å²) in [5.74, 6) is -0.106. The van der Waals surface area contributed by atoms with Crippen molar-refractivity contribution in [1.82, 2.24) is 10.6 Å². The van der Waals surface area contributed by atoms with E-state index >= 15 is 0 Å². The summed E-state index contributed by atoms with van der Waals surface area (Å²) in [6, 6.07) is 9.80. The smallest absolute Gasteiger partial charge is 0.233 e. The molecule has 0 saturated heterocycles. The summed E-state index contributed by atoms with van der Waals surface area (Å²) in [4.78, 5) is 23.5. The third-order valence-corrected chi connectivity index (χ3v) is 3.34. The van der Waals surface area contributed by atoms with Gasteiger partial charge in [-0.3, -0.25) is 9.59 Å². The second-order valence-corrected chi connectivity index (χ2v) is 5.26.